The van der Waals surface area contributed by atoms with Gasteiger partial charge in [0, 0.05) is 23.7 Å². The van der Waals surface area contributed by atoms with Crippen LogP contribution in [0.5, 0.6) is 0 Å². The number of nitrogens with one attached hydrogen (secondary N) is 1. The van der Waals surface area contributed by atoms with Gasteiger partial charge in [0.05, 0.1) is 6.54 Å². The summed E-state index contributed by atoms with van der Waals surface area (Å²) in [4.78, 5) is 38.1. The summed E-state index contributed by atoms with van der Waals surface area (Å²) in [6.07, 6.45) is 0. The molecule has 0 aliphatic carbocycles. The predicted molar refractivity (Wildman–Crippen MR) is 113 cm³/mol. The van der Waals surface area contributed by atoms with Gasteiger partial charge in [0.2, 0.25) is 11.7 Å². The molecule has 1 heterocycles. The molecule has 7 nitrogen and oxygen atoms in total. The molecule has 0 radical (unpaired) electrons. The second-order valence-electron chi connectivity index (χ2n) is 7.24. The Hall–Kier alpha value is -3.61. The van der Waals surface area contributed by atoms with Crippen LogP contribution in [0.1, 0.15) is 27.2 Å². The summed E-state index contributed by atoms with van der Waals surface area (Å²) in [5.74, 6) is -1.48. The standard InChI is InChI=1S/C23H24N2O5/c1-14-9-10-15(2)18(11-14)24-20(26)12-25(4)21(27)13-29-23(28)22-16(3)17-7-5-6-8-19(17)30-22/h5-11H,12-13H2,1-4H3,(H,24,26). The van der Waals surface area contributed by atoms with E-state index < -0.39 is 18.5 Å². The molecule has 0 unspecified atom stereocenters. The number of rotatable bonds is 6. The molecule has 1 N–H and O–H groups in total. The number of esters is 1. The number of carbonyl (C=O) groups is 3. The Balaban J connectivity index is 1.54. The second-order valence-corrected chi connectivity index (χ2v) is 7.24. The first-order valence-corrected chi connectivity index (χ1v) is 9.52. The van der Waals surface area contributed by atoms with Gasteiger partial charge in [0.15, 0.2) is 6.61 Å². The molecule has 0 saturated heterocycles. The molecule has 0 aliphatic heterocycles. The number of benzene rings is 2. The number of hydrogen-bond acceptors (Lipinski definition) is 5. The zero-order valence-electron chi connectivity index (χ0n) is 17.4. The quantitative estimate of drug-likeness (QED) is 0.630. The van der Waals surface area contributed by atoms with E-state index in [0.29, 0.717) is 16.8 Å². The number of amides is 2. The van der Waals surface area contributed by atoms with Gasteiger partial charge < -0.3 is 19.4 Å². The lowest BCUT2D eigenvalue weighted by Gasteiger charge is -2.17. The van der Waals surface area contributed by atoms with Crippen molar-refractivity contribution in [2.24, 2.45) is 0 Å². The van der Waals surface area contributed by atoms with Crippen LogP contribution >= 0.6 is 0 Å². The molecule has 7 heteroatoms. The van der Waals surface area contributed by atoms with Gasteiger partial charge in [-0.1, -0.05) is 30.3 Å². The van der Waals surface area contributed by atoms with Crippen molar-refractivity contribution in [2.75, 3.05) is 25.5 Å². The fourth-order valence-electron chi connectivity index (χ4n) is 3.04. The fourth-order valence-corrected chi connectivity index (χ4v) is 3.04. The van der Waals surface area contributed by atoms with Gasteiger partial charge in [0.1, 0.15) is 5.58 Å². The number of aryl methyl sites for hydroxylation is 3. The Morgan fingerprint density at radius 3 is 2.53 bits per heavy atom. The number of ether oxygens (including phenoxy) is 1. The molecular formula is C23H24N2O5. The Bertz CT molecular complexity index is 1120. The summed E-state index contributed by atoms with van der Waals surface area (Å²) in [7, 11) is 1.48. The highest BCUT2D eigenvalue weighted by Gasteiger charge is 2.21. The summed E-state index contributed by atoms with van der Waals surface area (Å²) < 4.78 is 10.6. The van der Waals surface area contributed by atoms with Crippen molar-refractivity contribution >= 4 is 34.4 Å². The smallest absolute Gasteiger partial charge is 0.375 e. The maximum Gasteiger partial charge on any atom is 0.375 e. The van der Waals surface area contributed by atoms with Crippen molar-refractivity contribution in [3.63, 3.8) is 0 Å². The molecule has 2 aromatic carbocycles. The first kappa shape index (κ1) is 21.1. The molecular weight excluding hydrogens is 384 g/mol. The first-order chi connectivity index (χ1) is 14.3. The minimum atomic E-state index is -0.717. The van der Waals surface area contributed by atoms with Gasteiger partial charge >= 0.3 is 5.97 Å². The molecule has 30 heavy (non-hydrogen) atoms. The summed E-state index contributed by atoms with van der Waals surface area (Å²) in [6, 6.07) is 13.0. The lowest BCUT2D eigenvalue weighted by atomic mass is 10.1. The van der Waals surface area contributed by atoms with Crippen molar-refractivity contribution in [3.05, 3.63) is 64.9 Å². The Morgan fingerprint density at radius 2 is 1.80 bits per heavy atom. The first-order valence-electron chi connectivity index (χ1n) is 9.52. The zero-order valence-corrected chi connectivity index (χ0v) is 17.4. The molecule has 0 spiro atoms. The minimum Gasteiger partial charge on any atom is -0.450 e. The van der Waals surface area contributed by atoms with Crippen molar-refractivity contribution < 1.29 is 23.5 Å². The van der Waals surface area contributed by atoms with E-state index in [4.69, 9.17) is 9.15 Å². The van der Waals surface area contributed by atoms with E-state index >= 15 is 0 Å². The highest BCUT2D eigenvalue weighted by atomic mass is 16.5. The number of likely N-dealkylation sites (N-methyl/N-ethyl adjacent to an activating group) is 1. The van der Waals surface area contributed by atoms with E-state index in [2.05, 4.69) is 5.32 Å². The average molecular weight is 408 g/mol. The average Bonchev–Trinajstić information content (AvgIpc) is 3.05. The molecule has 0 aliphatic rings. The normalized spacial score (nSPS) is 10.7. The van der Waals surface area contributed by atoms with Crippen LogP contribution in [-0.4, -0.2) is 42.9 Å². The molecule has 156 valence electrons. The molecule has 0 fully saturated rings. The zero-order chi connectivity index (χ0) is 21.8. The van der Waals surface area contributed by atoms with Crippen LogP contribution in [0.3, 0.4) is 0 Å². The molecule has 0 bridgehead atoms. The van der Waals surface area contributed by atoms with Crippen molar-refractivity contribution in [3.8, 4) is 0 Å². The van der Waals surface area contributed by atoms with Crippen molar-refractivity contribution in [2.45, 2.75) is 20.8 Å². The number of hydrogen-bond donors (Lipinski definition) is 1. The van der Waals surface area contributed by atoms with Crippen molar-refractivity contribution in [1.82, 2.24) is 4.90 Å². The molecule has 0 atom stereocenters. The highest BCUT2D eigenvalue weighted by Crippen LogP contribution is 2.25. The minimum absolute atomic E-state index is 0.0688. The lowest BCUT2D eigenvalue weighted by molar-refractivity contribution is -0.136. The third kappa shape index (κ3) is 4.68. The molecule has 3 rings (SSSR count). The van der Waals surface area contributed by atoms with Crippen LogP contribution in [0.4, 0.5) is 5.69 Å². The molecule has 2 amide bonds. The van der Waals surface area contributed by atoms with Crippen LogP contribution in [0.25, 0.3) is 11.0 Å². The maximum atomic E-state index is 12.3. The van der Waals surface area contributed by atoms with Crippen LogP contribution in [0.2, 0.25) is 0 Å². The number of anilines is 1. The van der Waals surface area contributed by atoms with Gasteiger partial charge in [-0.3, -0.25) is 9.59 Å². The maximum absolute atomic E-state index is 12.3. The largest absolute Gasteiger partial charge is 0.450 e. The van der Waals surface area contributed by atoms with E-state index in [9.17, 15) is 14.4 Å². The Morgan fingerprint density at radius 1 is 1.07 bits per heavy atom. The van der Waals surface area contributed by atoms with Crippen molar-refractivity contribution in [1.29, 1.82) is 0 Å². The van der Waals surface area contributed by atoms with Crippen LogP contribution in [-0.2, 0) is 14.3 Å². The topological polar surface area (TPSA) is 88.9 Å². The predicted octanol–water partition coefficient (Wildman–Crippen LogP) is 3.61. The van der Waals surface area contributed by atoms with E-state index in [1.807, 2.05) is 50.2 Å². The third-order valence-corrected chi connectivity index (χ3v) is 4.83. The lowest BCUT2D eigenvalue weighted by Crippen LogP contribution is -2.37. The summed E-state index contributed by atoms with van der Waals surface area (Å²) in [6.45, 7) is 4.94. The van der Waals surface area contributed by atoms with Gasteiger partial charge in [0.25, 0.3) is 5.91 Å². The fraction of sp³-hybridized carbons (Fsp3) is 0.261. The van der Waals surface area contributed by atoms with E-state index in [-0.39, 0.29) is 18.2 Å². The molecule has 3 aromatic rings. The third-order valence-electron chi connectivity index (χ3n) is 4.83. The number of para-hydroxylation sites is 1. The van der Waals surface area contributed by atoms with Gasteiger partial charge in [-0.25, -0.2) is 4.79 Å². The van der Waals surface area contributed by atoms with E-state index in [1.165, 1.54) is 11.9 Å². The Kier molecular flexibility index (Phi) is 6.20. The summed E-state index contributed by atoms with van der Waals surface area (Å²) >= 11 is 0. The Labute approximate surface area is 174 Å². The van der Waals surface area contributed by atoms with E-state index in [0.717, 1.165) is 16.5 Å². The number of carbonyl (C=O) groups excluding carboxylic acids is 3. The van der Waals surface area contributed by atoms with Crippen LogP contribution < -0.4 is 5.32 Å². The SMILES string of the molecule is Cc1ccc(C)c(NC(=O)CN(C)C(=O)COC(=O)c2oc3ccccc3c2C)c1. The highest BCUT2D eigenvalue weighted by molar-refractivity contribution is 5.98. The van der Waals surface area contributed by atoms with Gasteiger partial charge in [-0.15, -0.1) is 0 Å². The second kappa shape index (κ2) is 8.82. The van der Waals surface area contributed by atoms with Crippen LogP contribution in [0.15, 0.2) is 46.9 Å². The number of nitrogens with zero attached hydrogens (tertiary/aromatic N) is 1. The van der Waals surface area contributed by atoms with Gasteiger partial charge in [-0.05, 0) is 44.0 Å². The van der Waals surface area contributed by atoms with E-state index in [1.54, 1.807) is 13.0 Å². The monoisotopic (exact) mass is 408 g/mol. The van der Waals surface area contributed by atoms with Gasteiger partial charge in [-0.2, -0.15) is 0 Å². The molecule has 1 aromatic heterocycles. The number of fused-ring (bicyclic) bond motifs is 1. The number of furan rings is 1. The summed E-state index contributed by atoms with van der Waals surface area (Å²) in [5, 5.41) is 3.61. The van der Waals surface area contributed by atoms with Crippen LogP contribution in [0, 0.1) is 20.8 Å². The summed E-state index contributed by atoms with van der Waals surface area (Å²) in [5.41, 5.74) is 3.89. The molecule has 0 saturated carbocycles.